The molecule has 0 aliphatic rings. The third-order valence-electron chi connectivity index (χ3n) is 3.43. The quantitative estimate of drug-likeness (QED) is 0.860. The summed E-state index contributed by atoms with van der Waals surface area (Å²) < 4.78 is 5.63. The summed E-state index contributed by atoms with van der Waals surface area (Å²) in [6, 6.07) is 4.78. The highest BCUT2D eigenvalue weighted by Gasteiger charge is 2.01. The predicted molar refractivity (Wildman–Crippen MR) is 86.5 cm³/mol. The SMILES string of the molecule is C=c1cc/c(=c2/o/c(=C\CCCCCC)cc(O)c2=O)cn1. The molecule has 0 spiro atoms. The van der Waals surface area contributed by atoms with Crippen molar-refractivity contribution in [2.24, 2.45) is 0 Å². The van der Waals surface area contributed by atoms with Crippen molar-refractivity contribution in [2.45, 2.75) is 39.0 Å². The molecule has 116 valence electrons. The van der Waals surface area contributed by atoms with Gasteiger partial charge in [0.2, 0.25) is 0 Å². The fraction of sp³-hybridized carbons (Fsp3) is 0.333. The maximum absolute atomic E-state index is 12.0. The molecule has 0 unspecified atom stereocenters. The third kappa shape index (κ3) is 4.07. The summed E-state index contributed by atoms with van der Waals surface area (Å²) in [5.41, 5.74) is 0.0800. The molecule has 0 aliphatic carbocycles. The van der Waals surface area contributed by atoms with E-state index in [1.54, 1.807) is 12.1 Å². The van der Waals surface area contributed by atoms with Crippen LogP contribution >= 0.6 is 0 Å². The van der Waals surface area contributed by atoms with Crippen molar-refractivity contribution in [2.75, 3.05) is 0 Å². The lowest BCUT2D eigenvalue weighted by molar-refractivity contribution is 0.427. The van der Waals surface area contributed by atoms with Crippen LogP contribution in [0, 0.1) is 10.6 Å². The van der Waals surface area contributed by atoms with E-state index in [0.29, 0.717) is 16.0 Å². The number of aromatic nitrogens is 1. The van der Waals surface area contributed by atoms with Crippen molar-refractivity contribution >= 4 is 12.7 Å². The second kappa shape index (κ2) is 7.59. The number of unbranched alkanes of at least 4 members (excludes halogenated alkanes) is 4. The number of nitrogens with zero attached hydrogens (tertiary/aromatic N) is 1. The average molecular weight is 299 g/mol. The Kier molecular flexibility index (Phi) is 5.53. The lowest BCUT2D eigenvalue weighted by Gasteiger charge is -1.96. The van der Waals surface area contributed by atoms with E-state index in [4.69, 9.17) is 4.42 Å². The van der Waals surface area contributed by atoms with Crippen LogP contribution in [0.4, 0.5) is 0 Å². The van der Waals surface area contributed by atoms with Crippen LogP contribution in [0.1, 0.15) is 39.0 Å². The van der Waals surface area contributed by atoms with Crippen LogP contribution in [-0.2, 0) is 0 Å². The molecule has 4 nitrogen and oxygen atoms in total. The lowest BCUT2D eigenvalue weighted by atomic mass is 10.1. The molecule has 0 saturated heterocycles. The molecule has 4 heteroatoms. The van der Waals surface area contributed by atoms with Gasteiger partial charge in [-0.15, -0.1) is 0 Å². The zero-order valence-electron chi connectivity index (χ0n) is 12.8. The largest absolute Gasteiger partial charge is 0.504 e. The third-order valence-corrected chi connectivity index (χ3v) is 3.43. The number of hydrogen-bond acceptors (Lipinski definition) is 4. The Labute approximate surface area is 128 Å². The first-order valence-electron chi connectivity index (χ1n) is 7.60. The van der Waals surface area contributed by atoms with Crippen molar-refractivity contribution in [1.29, 1.82) is 0 Å². The summed E-state index contributed by atoms with van der Waals surface area (Å²) in [7, 11) is 0. The van der Waals surface area contributed by atoms with Gasteiger partial charge < -0.3 is 9.52 Å². The minimum atomic E-state index is -0.526. The minimum Gasteiger partial charge on any atom is -0.504 e. The van der Waals surface area contributed by atoms with Crippen molar-refractivity contribution in [3.8, 4) is 5.75 Å². The lowest BCUT2D eigenvalue weighted by Crippen LogP contribution is -2.11. The minimum absolute atomic E-state index is 0.104. The van der Waals surface area contributed by atoms with Crippen molar-refractivity contribution in [3.63, 3.8) is 0 Å². The standard InChI is InChI=1S/C18H21NO3/c1-3-4-5-6-7-8-15-11-16(20)17(21)18(22-15)14-10-9-13(2)19-12-14/h8-12,20H,2-7H2,1H3/b15-8-,18-14-. The van der Waals surface area contributed by atoms with Gasteiger partial charge in [-0.05, 0) is 31.1 Å². The van der Waals surface area contributed by atoms with Crippen LogP contribution in [0.3, 0.4) is 0 Å². The first-order valence-corrected chi connectivity index (χ1v) is 7.60. The molecule has 0 amide bonds. The van der Waals surface area contributed by atoms with Gasteiger partial charge in [0.1, 0.15) is 5.42 Å². The fourth-order valence-electron chi connectivity index (χ4n) is 2.18. The second-order valence-corrected chi connectivity index (χ2v) is 5.28. The Morgan fingerprint density at radius 1 is 1.32 bits per heavy atom. The number of rotatable bonds is 5. The molecule has 0 radical (unpaired) electrons. The molecule has 2 heterocycles. The van der Waals surface area contributed by atoms with Gasteiger partial charge in [0.25, 0.3) is 5.43 Å². The van der Waals surface area contributed by atoms with Crippen LogP contribution in [0.25, 0.3) is 12.7 Å². The Morgan fingerprint density at radius 3 is 2.82 bits per heavy atom. The highest BCUT2D eigenvalue weighted by molar-refractivity contribution is 5.24. The zero-order valence-corrected chi connectivity index (χ0v) is 12.8. The Hall–Kier alpha value is -2.36. The van der Waals surface area contributed by atoms with Gasteiger partial charge >= 0.3 is 0 Å². The normalized spacial score (nSPS) is 13.4. The Bertz CT molecular complexity index is 861. The van der Waals surface area contributed by atoms with E-state index < -0.39 is 5.43 Å². The Balaban J connectivity index is 2.46. The summed E-state index contributed by atoms with van der Waals surface area (Å²) in [5.74, 6) is -0.306. The molecule has 2 aromatic heterocycles. The molecule has 0 atom stereocenters. The molecule has 2 aromatic rings. The van der Waals surface area contributed by atoms with Gasteiger partial charge in [0.15, 0.2) is 11.2 Å². The van der Waals surface area contributed by atoms with E-state index in [0.717, 1.165) is 12.8 Å². The average Bonchev–Trinajstić information content (AvgIpc) is 2.51. The van der Waals surface area contributed by atoms with Crippen LogP contribution in [0.2, 0.25) is 0 Å². The van der Waals surface area contributed by atoms with Gasteiger partial charge in [-0.2, -0.15) is 0 Å². The molecular weight excluding hydrogens is 278 g/mol. The smallest absolute Gasteiger partial charge is 0.263 e. The molecule has 1 N–H and O–H groups in total. The van der Waals surface area contributed by atoms with E-state index in [-0.39, 0.29) is 11.2 Å². The highest BCUT2D eigenvalue weighted by atomic mass is 16.3. The highest BCUT2D eigenvalue weighted by Crippen LogP contribution is 2.03. The summed E-state index contributed by atoms with van der Waals surface area (Å²) in [6.07, 6.45) is 8.92. The van der Waals surface area contributed by atoms with Crippen LogP contribution in [-0.4, -0.2) is 10.1 Å². The first-order chi connectivity index (χ1) is 10.6. The van der Waals surface area contributed by atoms with E-state index in [9.17, 15) is 9.90 Å². The first kappa shape index (κ1) is 16.0. The van der Waals surface area contributed by atoms with Gasteiger partial charge in [-0.25, -0.2) is 0 Å². The fourth-order valence-corrected chi connectivity index (χ4v) is 2.18. The van der Waals surface area contributed by atoms with Crippen LogP contribution < -0.4 is 16.2 Å². The number of hydrogen-bond donors (Lipinski definition) is 1. The van der Waals surface area contributed by atoms with Gasteiger partial charge in [0.05, 0.1) is 5.35 Å². The maximum Gasteiger partial charge on any atom is 0.263 e. The molecular formula is C18H21NO3. The summed E-state index contributed by atoms with van der Waals surface area (Å²) in [5, 5.41) is 11.0. The van der Waals surface area contributed by atoms with E-state index in [1.165, 1.54) is 31.5 Å². The number of aromatic hydroxyl groups is 1. The second-order valence-electron chi connectivity index (χ2n) is 5.28. The van der Waals surface area contributed by atoms with E-state index >= 15 is 0 Å². The molecule has 0 saturated carbocycles. The Morgan fingerprint density at radius 2 is 2.14 bits per heavy atom. The van der Waals surface area contributed by atoms with Crippen molar-refractivity contribution < 1.29 is 9.52 Å². The van der Waals surface area contributed by atoms with Crippen LogP contribution in [0.5, 0.6) is 5.75 Å². The van der Waals surface area contributed by atoms with Crippen molar-refractivity contribution in [1.82, 2.24) is 4.98 Å². The van der Waals surface area contributed by atoms with Gasteiger partial charge in [0, 0.05) is 17.5 Å². The van der Waals surface area contributed by atoms with Gasteiger partial charge in [-0.1, -0.05) is 32.8 Å². The monoisotopic (exact) mass is 299 g/mol. The molecule has 0 fully saturated rings. The predicted octanol–water partition coefficient (Wildman–Crippen LogP) is 2.19. The van der Waals surface area contributed by atoms with Crippen LogP contribution in [0.15, 0.2) is 33.6 Å². The van der Waals surface area contributed by atoms with Crippen molar-refractivity contribution in [3.05, 3.63) is 56.0 Å². The molecule has 0 aromatic carbocycles. The van der Waals surface area contributed by atoms with Gasteiger partial charge in [-0.3, -0.25) is 9.78 Å². The molecule has 0 aliphatic heterocycles. The van der Waals surface area contributed by atoms with E-state index in [2.05, 4.69) is 18.5 Å². The number of pyridine rings is 1. The summed E-state index contributed by atoms with van der Waals surface area (Å²) >= 11 is 0. The molecule has 22 heavy (non-hydrogen) atoms. The maximum atomic E-state index is 12.0. The molecule has 0 bridgehead atoms. The molecule has 2 rings (SSSR count). The topological polar surface area (TPSA) is 63.3 Å². The summed E-state index contributed by atoms with van der Waals surface area (Å²) in [4.78, 5) is 16.1. The summed E-state index contributed by atoms with van der Waals surface area (Å²) in [6.45, 7) is 5.87. The zero-order chi connectivity index (χ0) is 15.9. The van der Waals surface area contributed by atoms with E-state index in [1.807, 2.05) is 6.08 Å².